The van der Waals surface area contributed by atoms with E-state index in [0.717, 1.165) is 17.5 Å². The van der Waals surface area contributed by atoms with Crippen LogP contribution < -0.4 is 0 Å². The first-order valence-electron chi connectivity index (χ1n) is 9.28. The third-order valence-electron chi connectivity index (χ3n) is 4.38. The van der Waals surface area contributed by atoms with Gasteiger partial charge in [0.05, 0.1) is 6.61 Å². The molecule has 3 rings (SSSR count). The number of carbonyl (C=O) groups is 1. The van der Waals surface area contributed by atoms with Gasteiger partial charge in [-0.1, -0.05) is 85.8 Å². The SMILES string of the molecule is CCCOC(=O)/C(C)=C/c1ccc(-c2ccc(-c3ccccc3)cc2)cc1. The number of esters is 1. The molecular formula is C25H24O2. The zero-order valence-corrected chi connectivity index (χ0v) is 15.8. The summed E-state index contributed by atoms with van der Waals surface area (Å²) in [7, 11) is 0. The predicted octanol–water partition coefficient (Wildman–Crippen LogP) is 6.38. The minimum atomic E-state index is -0.252. The molecule has 0 bridgehead atoms. The summed E-state index contributed by atoms with van der Waals surface area (Å²) < 4.78 is 5.16. The third-order valence-corrected chi connectivity index (χ3v) is 4.38. The van der Waals surface area contributed by atoms with Crippen LogP contribution in [0.1, 0.15) is 25.8 Å². The van der Waals surface area contributed by atoms with Crippen LogP contribution in [0.5, 0.6) is 0 Å². The van der Waals surface area contributed by atoms with Gasteiger partial charge < -0.3 is 4.74 Å². The zero-order valence-electron chi connectivity index (χ0n) is 15.8. The van der Waals surface area contributed by atoms with Gasteiger partial charge in [-0.3, -0.25) is 0 Å². The molecule has 0 aromatic heterocycles. The van der Waals surface area contributed by atoms with E-state index in [1.165, 1.54) is 16.7 Å². The van der Waals surface area contributed by atoms with Crippen molar-refractivity contribution in [2.75, 3.05) is 6.61 Å². The minimum Gasteiger partial charge on any atom is -0.462 e. The number of hydrogen-bond donors (Lipinski definition) is 0. The summed E-state index contributed by atoms with van der Waals surface area (Å²) in [6, 6.07) is 27.1. The monoisotopic (exact) mass is 356 g/mol. The molecule has 0 fully saturated rings. The Hall–Kier alpha value is -3.13. The number of ether oxygens (including phenoxy) is 1. The van der Waals surface area contributed by atoms with Crippen molar-refractivity contribution in [3.8, 4) is 22.3 Å². The van der Waals surface area contributed by atoms with Crippen molar-refractivity contribution >= 4 is 12.0 Å². The fourth-order valence-electron chi connectivity index (χ4n) is 2.88. The molecule has 136 valence electrons. The van der Waals surface area contributed by atoms with Gasteiger partial charge in [0.2, 0.25) is 0 Å². The lowest BCUT2D eigenvalue weighted by Gasteiger charge is -2.06. The largest absolute Gasteiger partial charge is 0.462 e. The van der Waals surface area contributed by atoms with Crippen molar-refractivity contribution in [1.29, 1.82) is 0 Å². The lowest BCUT2D eigenvalue weighted by Crippen LogP contribution is -2.06. The van der Waals surface area contributed by atoms with Gasteiger partial charge in [-0.15, -0.1) is 0 Å². The van der Waals surface area contributed by atoms with E-state index in [-0.39, 0.29) is 5.97 Å². The standard InChI is InChI=1S/C25H24O2/c1-3-17-27-25(26)19(2)18-20-9-11-22(12-10-20)24-15-13-23(14-16-24)21-7-5-4-6-8-21/h4-16,18H,3,17H2,1-2H3/b19-18+. The first-order chi connectivity index (χ1) is 13.2. The van der Waals surface area contributed by atoms with Gasteiger partial charge in [-0.2, -0.15) is 0 Å². The molecular weight excluding hydrogens is 332 g/mol. The average molecular weight is 356 g/mol. The lowest BCUT2D eigenvalue weighted by molar-refractivity contribution is -0.138. The maximum atomic E-state index is 11.9. The van der Waals surface area contributed by atoms with E-state index in [1.807, 2.05) is 31.2 Å². The number of benzene rings is 3. The van der Waals surface area contributed by atoms with Crippen molar-refractivity contribution < 1.29 is 9.53 Å². The normalized spacial score (nSPS) is 11.3. The summed E-state index contributed by atoms with van der Waals surface area (Å²) in [4.78, 5) is 11.9. The highest BCUT2D eigenvalue weighted by Gasteiger charge is 2.05. The number of hydrogen-bond acceptors (Lipinski definition) is 2. The topological polar surface area (TPSA) is 26.3 Å². The maximum absolute atomic E-state index is 11.9. The van der Waals surface area contributed by atoms with Crippen LogP contribution in [0.15, 0.2) is 84.4 Å². The van der Waals surface area contributed by atoms with Gasteiger partial charge >= 0.3 is 5.97 Å². The van der Waals surface area contributed by atoms with Crippen molar-refractivity contribution in [3.05, 3.63) is 90.0 Å². The Bertz CT molecular complexity index is 905. The second kappa shape index (κ2) is 9.00. The Labute approximate surface area is 161 Å². The Balaban J connectivity index is 1.73. The fraction of sp³-hybridized carbons (Fsp3) is 0.160. The molecule has 0 saturated heterocycles. The van der Waals surface area contributed by atoms with Crippen molar-refractivity contribution in [2.45, 2.75) is 20.3 Å². The highest BCUT2D eigenvalue weighted by molar-refractivity contribution is 5.93. The summed E-state index contributed by atoms with van der Waals surface area (Å²) in [5.74, 6) is -0.252. The predicted molar refractivity (Wildman–Crippen MR) is 112 cm³/mol. The number of rotatable bonds is 6. The molecule has 0 heterocycles. The molecule has 0 spiro atoms. The molecule has 0 radical (unpaired) electrons. The quantitative estimate of drug-likeness (QED) is 0.378. The first kappa shape index (κ1) is 18.7. The molecule has 0 amide bonds. The van der Waals surface area contributed by atoms with E-state index in [4.69, 9.17) is 4.74 Å². The third kappa shape index (κ3) is 4.95. The first-order valence-corrected chi connectivity index (χ1v) is 9.28. The Morgan fingerprint density at radius 1 is 0.778 bits per heavy atom. The van der Waals surface area contributed by atoms with E-state index in [0.29, 0.717) is 12.2 Å². The van der Waals surface area contributed by atoms with Gasteiger partial charge in [-0.05, 0) is 47.2 Å². The van der Waals surface area contributed by atoms with E-state index < -0.39 is 0 Å². The van der Waals surface area contributed by atoms with Crippen LogP contribution in [-0.4, -0.2) is 12.6 Å². The summed E-state index contributed by atoms with van der Waals surface area (Å²) >= 11 is 0. The number of carbonyl (C=O) groups excluding carboxylic acids is 1. The average Bonchev–Trinajstić information content (AvgIpc) is 2.73. The molecule has 0 atom stereocenters. The summed E-state index contributed by atoms with van der Waals surface area (Å²) in [6.07, 6.45) is 2.69. The molecule has 0 aliphatic heterocycles. The zero-order chi connectivity index (χ0) is 19.1. The highest BCUT2D eigenvalue weighted by atomic mass is 16.5. The summed E-state index contributed by atoms with van der Waals surface area (Å²) in [6.45, 7) is 4.23. The fourth-order valence-corrected chi connectivity index (χ4v) is 2.88. The summed E-state index contributed by atoms with van der Waals surface area (Å²) in [5, 5.41) is 0. The van der Waals surface area contributed by atoms with Crippen molar-refractivity contribution in [2.24, 2.45) is 0 Å². The van der Waals surface area contributed by atoms with Crippen molar-refractivity contribution in [1.82, 2.24) is 0 Å². The molecule has 3 aromatic carbocycles. The van der Waals surface area contributed by atoms with Gasteiger partial charge in [0.25, 0.3) is 0 Å². The molecule has 0 N–H and O–H groups in total. The van der Waals surface area contributed by atoms with E-state index >= 15 is 0 Å². The van der Waals surface area contributed by atoms with Gasteiger partial charge in [0.1, 0.15) is 0 Å². The van der Waals surface area contributed by atoms with E-state index in [9.17, 15) is 4.79 Å². The summed E-state index contributed by atoms with van der Waals surface area (Å²) in [5.41, 5.74) is 6.35. The van der Waals surface area contributed by atoms with Crippen LogP contribution in [0.3, 0.4) is 0 Å². The molecule has 0 aliphatic carbocycles. The van der Waals surface area contributed by atoms with Crippen LogP contribution >= 0.6 is 0 Å². The Morgan fingerprint density at radius 3 is 1.78 bits per heavy atom. The van der Waals surface area contributed by atoms with Crippen LogP contribution in [-0.2, 0) is 9.53 Å². The van der Waals surface area contributed by atoms with Crippen LogP contribution in [0.2, 0.25) is 0 Å². The van der Waals surface area contributed by atoms with Crippen LogP contribution in [0.25, 0.3) is 28.3 Å². The van der Waals surface area contributed by atoms with Crippen LogP contribution in [0, 0.1) is 0 Å². The van der Waals surface area contributed by atoms with E-state index in [1.54, 1.807) is 6.92 Å². The molecule has 0 saturated carbocycles. The smallest absolute Gasteiger partial charge is 0.333 e. The lowest BCUT2D eigenvalue weighted by atomic mass is 9.99. The second-order valence-electron chi connectivity index (χ2n) is 6.53. The van der Waals surface area contributed by atoms with Crippen LogP contribution in [0.4, 0.5) is 0 Å². The molecule has 27 heavy (non-hydrogen) atoms. The van der Waals surface area contributed by atoms with Crippen molar-refractivity contribution in [3.63, 3.8) is 0 Å². The molecule has 0 aliphatic rings. The molecule has 0 unspecified atom stereocenters. The minimum absolute atomic E-state index is 0.252. The van der Waals surface area contributed by atoms with Gasteiger partial charge in [-0.25, -0.2) is 4.79 Å². The Kier molecular flexibility index (Phi) is 6.22. The maximum Gasteiger partial charge on any atom is 0.333 e. The molecule has 3 aromatic rings. The second-order valence-corrected chi connectivity index (χ2v) is 6.53. The van der Waals surface area contributed by atoms with Gasteiger partial charge in [0.15, 0.2) is 0 Å². The highest BCUT2D eigenvalue weighted by Crippen LogP contribution is 2.25. The molecule has 2 heteroatoms. The molecule has 2 nitrogen and oxygen atoms in total. The van der Waals surface area contributed by atoms with E-state index in [2.05, 4.69) is 60.7 Å². The van der Waals surface area contributed by atoms with Gasteiger partial charge in [0, 0.05) is 5.57 Å². The Morgan fingerprint density at radius 2 is 1.26 bits per heavy atom.